The quantitative estimate of drug-likeness (QED) is 0.428. The number of imide groups is 1. The van der Waals surface area contributed by atoms with Gasteiger partial charge in [0.25, 0.3) is 11.8 Å². The topological polar surface area (TPSA) is 100 Å². The molecule has 9 heteroatoms. The van der Waals surface area contributed by atoms with Gasteiger partial charge in [0.15, 0.2) is 0 Å². The molecular formula is C20H18N4O3S2. The zero-order valence-corrected chi connectivity index (χ0v) is 17.4. The van der Waals surface area contributed by atoms with E-state index in [4.69, 9.17) is 0 Å². The van der Waals surface area contributed by atoms with Crippen LogP contribution in [-0.2, 0) is 4.79 Å². The van der Waals surface area contributed by atoms with Gasteiger partial charge in [0.05, 0.1) is 20.8 Å². The highest BCUT2D eigenvalue weighted by molar-refractivity contribution is 7.99. The number of nitrogens with one attached hydrogen (secondary N) is 3. The summed E-state index contributed by atoms with van der Waals surface area (Å²) in [4.78, 5) is 41.5. The highest BCUT2D eigenvalue weighted by Crippen LogP contribution is 2.29. The maximum absolute atomic E-state index is 12.9. The van der Waals surface area contributed by atoms with E-state index in [1.165, 1.54) is 11.8 Å². The molecule has 0 saturated carbocycles. The fourth-order valence-corrected chi connectivity index (χ4v) is 5.00. The molecule has 0 spiro atoms. The minimum absolute atomic E-state index is 0.237. The molecule has 148 valence electrons. The van der Waals surface area contributed by atoms with Gasteiger partial charge in [0.1, 0.15) is 5.54 Å². The van der Waals surface area contributed by atoms with Gasteiger partial charge in [-0.3, -0.25) is 14.9 Å². The molecule has 2 aromatic carbocycles. The molecule has 1 saturated heterocycles. The standard InChI is InChI=1S/C20H18N4O3S2/c1-11-21-14-8-7-12(9-16(14)29-11)22-17(25)13-5-3-4-6-15(13)28-10-20(2)18(26)23-19(27)24-20/h3-9H,10H2,1-2H3,(H,22,25)(H2,23,24,26,27)/t20-/m0/s1. The number of anilines is 1. The molecule has 1 atom stereocenters. The molecule has 0 aliphatic carbocycles. The summed E-state index contributed by atoms with van der Waals surface area (Å²) in [6, 6.07) is 12.3. The Labute approximate surface area is 175 Å². The number of carbonyl (C=O) groups is 3. The van der Waals surface area contributed by atoms with Crippen LogP contribution in [0.2, 0.25) is 0 Å². The lowest BCUT2D eigenvalue weighted by Crippen LogP contribution is -2.46. The van der Waals surface area contributed by atoms with Crippen LogP contribution < -0.4 is 16.0 Å². The van der Waals surface area contributed by atoms with Gasteiger partial charge in [-0.1, -0.05) is 12.1 Å². The van der Waals surface area contributed by atoms with Crippen molar-refractivity contribution >= 4 is 56.8 Å². The summed E-state index contributed by atoms with van der Waals surface area (Å²) in [6.07, 6.45) is 0. The van der Waals surface area contributed by atoms with Gasteiger partial charge in [-0.15, -0.1) is 23.1 Å². The molecule has 1 aliphatic heterocycles. The first-order chi connectivity index (χ1) is 13.8. The van der Waals surface area contributed by atoms with Gasteiger partial charge in [-0.2, -0.15) is 0 Å². The summed E-state index contributed by atoms with van der Waals surface area (Å²) in [7, 11) is 0. The summed E-state index contributed by atoms with van der Waals surface area (Å²) in [5, 5.41) is 8.78. The van der Waals surface area contributed by atoms with E-state index in [1.807, 2.05) is 37.3 Å². The molecule has 1 aromatic heterocycles. The van der Waals surface area contributed by atoms with Crippen LogP contribution in [0.15, 0.2) is 47.4 Å². The van der Waals surface area contributed by atoms with Crippen molar-refractivity contribution in [2.45, 2.75) is 24.3 Å². The number of urea groups is 1. The van der Waals surface area contributed by atoms with Gasteiger partial charge in [-0.05, 0) is 44.2 Å². The molecule has 3 N–H and O–H groups in total. The number of aryl methyl sites for hydroxylation is 1. The van der Waals surface area contributed by atoms with Crippen molar-refractivity contribution in [2.75, 3.05) is 11.1 Å². The van der Waals surface area contributed by atoms with E-state index in [0.717, 1.165) is 20.1 Å². The second-order valence-electron chi connectivity index (χ2n) is 6.89. The third kappa shape index (κ3) is 3.96. The molecule has 0 radical (unpaired) electrons. The lowest BCUT2D eigenvalue weighted by Gasteiger charge is -2.20. The number of hydrogen-bond acceptors (Lipinski definition) is 6. The Kier molecular flexibility index (Phi) is 5.01. The zero-order chi connectivity index (χ0) is 20.6. The van der Waals surface area contributed by atoms with Crippen LogP contribution in [0.3, 0.4) is 0 Å². The normalized spacial score (nSPS) is 18.6. The van der Waals surface area contributed by atoms with Crippen molar-refractivity contribution < 1.29 is 14.4 Å². The highest BCUT2D eigenvalue weighted by Gasteiger charge is 2.41. The molecule has 4 amide bonds. The average molecular weight is 427 g/mol. The number of fused-ring (bicyclic) bond motifs is 1. The van der Waals surface area contributed by atoms with E-state index in [-0.39, 0.29) is 11.8 Å². The predicted molar refractivity (Wildman–Crippen MR) is 115 cm³/mol. The summed E-state index contributed by atoms with van der Waals surface area (Å²) < 4.78 is 1.01. The minimum atomic E-state index is -1.01. The van der Waals surface area contributed by atoms with E-state index >= 15 is 0 Å². The Morgan fingerprint density at radius 1 is 1.24 bits per heavy atom. The highest BCUT2D eigenvalue weighted by atomic mass is 32.2. The number of thioether (sulfide) groups is 1. The lowest BCUT2D eigenvalue weighted by atomic mass is 10.1. The summed E-state index contributed by atoms with van der Waals surface area (Å²) in [5.41, 5.74) is 1.10. The zero-order valence-electron chi connectivity index (χ0n) is 15.7. The second-order valence-corrected chi connectivity index (χ2v) is 9.15. The lowest BCUT2D eigenvalue weighted by molar-refractivity contribution is -0.122. The molecule has 2 heterocycles. The van der Waals surface area contributed by atoms with E-state index < -0.39 is 11.6 Å². The SMILES string of the molecule is Cc1nc2ccc(NC(=O)c3ccccc3SC[C@]3(C)NC(=O)NC3=O)cc2s1. The van der Waals surface area contributed by atoms with E-state index in [9.17, 15) is 14.4 Å². The first-order valence-corrected chi connectivity index (χ1v) is 10.7. The Balaban J connectivity index is 1.51. The van der Waals surface area contributed by atoms with Crippen LogP contribution >= 0.6 is 23.1 Å². The monoisotopic (exact) mass is 426 g/mol. The number of rotatable bonds is 5. The molecule has 0 unspecified atom stereocenters. The Hall–Kier alpha value is -2.91. The summed E-state index contributed by atoms with van der Waals surface area (Å²) in [6.45, 7) is 3.61. The van der Waals surface area contributed by atoms with Crippen LogP contribution in [0, 0.1) is 6.92 Å². The third-order valence-corrected chi connectivity index (χ3v) is 6.84. The van der Waals surface area contributed by atoms with Crippen molar-refractivity contribution in [3.8, 4) is 0 Å². The van der Waals surface area contributed by atoms with Crippen molar-refractivity contribution in [3.05, 3.63) is 53.0 Å². The second kappa shape index (κ2) is 7.49. The first kappa shape index (κ1) is 19.4. The smallest absolute Gasteiger partial charge is 0.322 e. The van der Waals surface area contributed by atoms with Crippen LogP contribution in [0.1, 0.15) is 22.3 Å². The average Bonchev–Trinajstić information content (AvgIpc) is 3.17. The number of carbonyl (C=O) groups excluding carboxylic acids is 3. The Bertz CT molecular complexity index is 1140. The van der Waals surface area contributed by atoms with E-state index in [2.05, 4.69) is 20.9 Å². The maximum atomic E-state index is 12.9. The first-order valence-electron chi connectivity index (χ1n) is 8.88. The molecular weight excluding hydrogens is 408 g/mol. The maximum Gasteiger partial charge on any atom is 0.322 e. The van der Waals surface area contributed by atoms with Gasteiger partial charge >= 0.3 is 6.03 Å². The number of hydrogen-bond donors (Lipinski definition) is 3. The van der Waals surface area contributed by atoms with Gasteiger partial charge in [0, 0.05) is 16.3 Å². The van der Waals surface area contributed by atoms with Gasteiger partial charge in [-0.25, -0.2) is 9.78 Å². The van der Waals surface area contributed by atoms with E-state index in [0.29, 0.717) is 17.0 Å². The molecule has 3 aromatic rings. The van der Waals surface area contributed by atoms with Crippen molar-refractivity contribution in [2.24, 2.45) is 0 Å². The number of amides is 4. The fraction of sp³-hybridized carbons (Fsp3) is 0.200. The van der Waals surface area contributed by atoms with Crippen molar-refractivity contribution in [3.63, 3.8) is 0 Å². The molecule has 7 nitrogen and oxygen atoms in total. The Morgan fingerprint density at radius 3 is 2.79 bits per heavy atom. The number of nitrogens with zero attached hydrogens (tertiary/aromatic N) is 1. The molecule has 0 bridgehead atoms. The molecule has 1 aliphatic rings. The van der Waals surface area contributed by atoms with Gasteiger partial charge in [0.2, 0.25) is 0 Å². The van der Waals surface area contributed by atoms with Crippen molar-refractivity contribution in [1.82, 2.24) is 15.6 Å². The number of benzene rings is 2. The summed E-state index contributed by atoms with van der Waals surface area (Å²) >= 11 is 2.93. The predicted octanol–water partition coefficient (Wildman–Crippen LogP) is 3.55. The van der Waals surface area contributed by atoms with Crippen LogP contribution in [0.25, 0.3) is 10.2 Å². The van der Waals surface area contributed by atoms with Crippen LogP contribution in [-0.4, -0.2) is 34.1 Å². The molecule has 1 fully saturated rings. The number of thiazole rings is 1. The third-order valence-electron chi connectivity index (χ3n) is 4.52. The number of aromatic nitrogens is 1. The van der Waals surface area contributed by atoms with E-state index in [1.54, 1.807) is 30.4 Å². The molecule has 29 heavy (non-hydrogen) atoms. The van der Waals surface area contributed by atoms with Crippen molar-refractivity contribution in [1.29, 1.82) is 0 Å². The molecule has 4 rings (SSSR count). The summed E-state index contributed by atoms with van der Waals surface area (Å²) in [5.74, 6) is -0.301. The minimum Gasteiger partial charge on any atom is -0.323 e. The van der Waals surface area contributed by atoms with Gasteiger partial charge < -0.3 is 10.6 Å². The van der Waals surface area contributed by atoms with Crippen LogP contribution in [0.5, 0.6) is 0 Å². The Morgan fingerprint density at radius 2 is 2.03 bits per heavy atom. The van der Waals surface area contributed by atoms with Crippen LogP contribution in [0.4, 0.5) is 10.5 Å². The fourth-order valence-electron chi connectivity index (χ4n) is 3.00. The largest absolute Gasteiger partial charge is 0.323 e.